The highest BCUT2D eigenvalue weighted by molar-refractivity contribution is 6.16. The molecule has 1 fully saturated rings. The van der Waals surface area contributed by atoms with Crippen LogP contribution in [0.4, 0.5) is 0 Å². The van der Waals surface area contributed by atoms with Crippen LogP contribution in [0, 0.1) is 12.8 Å². The van der Waals surface area contributed by atoms with E-state index in [-0.39, 0.29) is 29.2 Å². The van der Waals surface area contributed by atoms with E-state index in [1.165, 1.54) is 21.3 Å². The van der Waals surface area contributed by atoms with Crippen LogP contribution in [-0.4, -0.2) is 62.8 Å². The highest BCUT2D eigenvalue weighted by atomic mass is 16.5. The van der Waals surface area contributed by atoms with E-state index in [0.717, 1.165) is 0 Å². The van der Waals surface area contributed by atoms with E-state index in [9.17, 15) is 14.7 Å². The van der Waals surface area contributed by atoms with Gasteiger partial charge in [-0.25, -0.2) is 0 Å². The van der Waals surface area contributed by atoms with Crippen molar-refractivity contribution in [3.8, 4) is 28.7 Å². The number of nitrogens with zero attached hydrogens (tertiary/aromatic N) is 1. The zero-order chi connectivity index (χ0) is 26.7. The van der Waals surface area contributed by atoms with Gasteiger partial charge in [0.15, 0.2) is 17.3 Å². The van der Waals surface area contributed by atoms with E-state index in [2.05, 4.69) is 4.90 Å². The number of methoxy groups -OCH3 is 3. The number of hydrogen-bond acceptors (Lipinski definition) is 9. The number of carbonyl (C=O) groups excluding carboxylic acids is 2. The minimum Gasteiger partial charge on any atom is -0.507 e. The molecule has 0 bridgehead atoms. The summed E-state index contributed by atoms with van der Waals surface area (Å²) in [4.78, 5) is 27.6. The minimum absolute atomic E-state index is 0.0708. The number of aromatic hydroxyl groups is 1. The van der Waals surface area contributed by atoms with Crippen molar-refractivity contribution in [2.45, 2.75) is 33.2 Å². The second-order valence-corrected chi connectivity index (χ2v) is 9.09. The lowest BCUT2D eigenvalue weighted by Gasteiger charge is -2.31. The summed E-state index contributed by atoms with van der Waals surface area (Å²) >= 11 is 0. The number of hydrogen-bond donors (Lipinski definition) is 1. The Labute approximate surface area is 216 Å². The predicted molar refractivity (Wildman–Crippen MR) is 137 cm³/mol. The first-order valence-corrected chi connectivity index (χ1v) is 12.3. The fourth-order valence-electron chi connectivity index (χ4n) is 4.85. The average Bonchev–Trinajstić information content (AvgIpc) is 3.22. The molecule has 9 nitrogen and oxygen atoms in total. The van der Waals surface area contributed by atoms with Gasteiger partial charge in [-0.2, -0.15) is 0 Å². The molecule has 9 heteroatoms. The lowest BCUT2D eigenvalue weighted by molar-refractivity contribution is -0.149. The van der Waals surface area contributed by atoms with Crippen LogP contribution in [0.2, 0.25) is 0 Å². The van der Waals surface area contributed by atoms with E-state index in [1.807, 2.05) is 0 Å². The van der Waals surface area contributed by atoms with Crippen molar-refractivity contribution in [2.24, 2.45) is 5.92 Å². The second-order valence-electron chi connectivity index (χ2n) is 9.09. The predicted octanol–water partition coefficient (Wildman–Crippen LogP) is 4.12. The van der Waals surface area contributed by atoms with Crippen LogP contribution < -0.4 is 18.9 Å². The third-order valence-corrected chi connectivity index (χ3v) is 6.83. The SMILES string of the molecule is CCOC(=O)C1CCN(Cc2c(O)cc(C)c3c2O/C(=C/c2cc(OC)c(OC)cc2OC)C3=O)CC1. The number of aryl methyl sites for hydroxylation is 1. The van der Waals surface area contributed by atoms with Gasteiger partial charge >= 0.3 is 5.97 Å². The van der Waals surface area contributed by atoms with Crippen LogP contribution in [-0.2, 0) is 16.1 Å². The molecule has 0 amide bonds. The number of phenols is 1. The Morgan fingerprint density at radius 2 is 1.73 bits per heavy atom. The number of benzene rings is 2. The second kappa shape index (κ2) is 11.1. The number of phenolic OH excluding ortho intramolecular Hbond substituents is 1. The topological polar surface area (TPSA) is 104 Å². The van der Waals surface area contributed by atoms with E-state index in [4.69, 9.17) is 23.7 Å². The van der Waals surface area contributed by atoms with Gasteiger partial charge in [0.05, 0.1) is 45.0 Å². The van der Waals surface area contributed by atoms with Crippen molar-refractivity contribution in [2.75, 3.05) is 41.0 Å². The molecule has 0 radical (unpaired) electrons. The van der Waals surface area contributed by atoms with Crippen molar-refractivity contribution in [1.29, 1.82) is 0 Å². The highest BCUT2D eigenvalue weighted by Gasteiger charge is 2.35. The molecular weight excluding hydrogens is 478 g/mol. The number of fused-ring (bicyclic) bond motifs is 1. The Balaban J connectivity index is 1.61. The first kappa shape index (κ1) is 26.3. The van der Waals surface area contributed by atoms with Crippen LogP contribution in [0.1, 0.15) is 46.8 Å². The maximum atomic E-state index is 13.4. The number of ether oxygens (including phenoxy) is 5. The smallest absolute Gasteiger partial charge is 0.309 e. The normalized spacial score (nSPS) is 16.9. The maximum Gasteiger partial charge on any atom is 0.309 e. The number of likely N-dealkylation sites (tertiary alicyclic amines) is 1. The molecule has 1 N–H and O–H groups in total. The molecule has 2 heterocycles. The van der Waals surface area contributed by atoms with Gasteiger partial charge in [-0.3, -0.25) is 14.5 Å². The number of esters is 1. The van der Waals surface area contributed by atoms with E-state index in [1.54, 1.807) is 38.1 Å². The Morgan fingerprint density at radius 3 is 2.35 bits per heavy atom. The first-order valence-electron chi connectivity index (χ1n) is 12.3. The van der Waals surface area contributed by atoms with Crippen molar-refractivity contribution in [3.63, 3.8) is 0 Å². The summed E-state index contributed by atoms with van der Waals surface area (Å²) in [5, 5.41) is 10.8. The summed E-state index contributed by atoms with van der Waals surface area (Å²) < 4.78 is 27.5. The quantitative estimate of drug-likeness (QED) is 0.414. The van der Waals surface area contributed by atoms with Crippen molar-refractivity contribution in [3.05, 3.63) is 46.2 Å². The van der Waals surface area contributed by atoms with Gasteiger partial charge < -0.3 is 28.8 Å². The summed E-state index contributed by atoms with van der Waals surface area (Å²) in [6.45, 7) is 5.69. The average molecular weight is 512 g/mol. The van der Waals surface area contributed by atoms with Crippen LogP contribution in [0.3, 0.4) is 0 Å². The molecule has 0 saturated carbocycles. The Bertz CT molecular complexity index is 1230. The van der Waals surface area contributed by atoms with Crippen molar-refractivity contribution < 1.29 is 38.4 Å². The van der Waals surface area contributed by atoms with Crippen LogP contribution >= 0.6 is 0 Å². The molecule has 37 heavy (non-hydrogen) atoms. The number of carbonyl (C=O) groups is 2. The molecule has 0 unspecified atom stereocenters. The summed E-state index contributed by atoms with van der Waals surface area (Å²) in [6.07, 6.45) is 2.96. The molecule has 2 aliphatic heterocycles. The minimum atomic E-state index is -0.272. The fourth-order valence-corrected chi connectivity index (χ4v) is 4.85. The van der Waals surface area contributed by atoms with Gasteiger partial charge in [0.2, 0.25) is 5.78 Å². The van der Waals surface area contributed by atoms with Crippen LogP contribution in [0.5, 0.6) is 28.7 Å². The number of Topliss-reactive ketones (excluding diaryl/α,β-unsaturated/α-hetero) is 1. The highest BCUT2D eigenvalue weighted by Crippen LogP contribution is 2.44. The van der Waals surface area contributed by atoms with Gasteiger partial charge in [0.25, 0.3) is 0 Å². The van der Waals surface area contributed by atoms with Crippen LogP contribution in [0.15, 0.2) is 24.0 Å². The Kier molecular flexibility index (Phi) is 7.92. The van der Waals surface area contributed by atoms with Gasteiger partial charge in [-0.05, 0) is 63.6 Å². The van der Waals surface area contributed by atoms with Gasteiger partial charge in [-0.15, -0.1) is 0 Å². The molecule has 0 atom stereocenters. The van der Waals surface area contributed by atoms with Crippen molar-refractivity contribution in [1.82, 2.24) is 4.90 Å². The monoisotopic (exact) mass is 511 g/mol. The van der Waals surface area contributed by atoms with E-state index < -0.39 is 0 Å². The Hall–Kier alpha value is -3.72. The summed E-state index contributed by atoms with van der Waals surface area (Å²) in [6, 6.07) is 4.99. The third kappa shape index (κ3) is 5.22. The largest absolute Gasteiger partial charge is 0.507 e. The zero-order valence-electron chi connectivity index (χ0n) is 21.9. The van der Waals surface area contributed by atoms with Crippen molar-refractivity contribution >= 4 is 17.8 Å². The van der Waals surface area contributed by atoms with Crippen LogP contribution in [0.25, 0.3) is 6.08 Å². The standard InChI is InChI=1S/C28H33NO8/c1-6-36-28(32)17-7-9-29(10-8-17)15-19-20(30)11-16(2)25-26(31)24(37-27(19)25)13-18-12-22(34-4)23(35-5)14-21(18)33-3/h11-14,17,30H,6-10,15H2,1-5H3/b24-13+. The third-order valence-electron chi connectivity index (χ3n) is 6.83. The number of piperidine rings is 1. The van der Waals surface area contributed by atoms with Gasteiger partial charge in [0.1, 0.15) is 17.2 Å². The summed E-state index contributed by atoms with van der Waals surface area (Å²) in [7, 11) is 4.59. The Morgan fingerprint density at radius 1 is 1.08 bits per heavy atom. The van der Waals surface area contributed by atoms with E-state index >= 15 is 0 Å². The lowest BCUT2D eigenvalue weighted by atomic mass is 9.95. The molecule has 0 aliphatic carbocycles. The molecule has 4 rings (SSSR count). The summed E-state index contributed by atoms with van der Waals surface area (Å²) in [5.41, 5.74) is 2.19. The number of allylic oxidation sites excluding steroid dienone is 1. The molecule has 0 aromatic heterocycles. The molecular formula is C28H33NO8. The number of ketones is 1. The molecule has 2 aromatic carbocycles. The van der Waals surface area contributed by atoms with E-state index in [0.29, 0.717) is 84.3 Å². The lowest BCUT2D eigenvalue weighted by Crippen LogP contribution is -2.36. The molecule has 1 saturated heterocycles. The molecule has 2 aliphatic rings. The number of rotatable bonds is 8. The van der Waals surface area contributed by atoms with Gasteiger partial charge in [-0.1, -0.05) is 0 Å². The first-order chi connectivity index (χ1) is 17.8. The van der Waals surface area contributed by atoms with Gasteiger partial charge in [0, 0.05) is 18.2 Å². The molecule has 0 spiro atoms. The zero-order valence-corrected chi connectivity index (χ0v) is 21.9. The summed E-state index contributed by atoms with van der Waals surface area (Å²) in [5.74, 6) is 1.48. The maximum absolute atomic E-state index is 13.4. The molecule has 198 valence electrons. The molecule has 2 aromatic rings. The fraction of sp³-hybridized carbons (Fsp3) is 0.429.